The van der Waals surface area contributed by atoms with Crippen LogP contribution in [0.3, 0.4) is 0 Å². The number of hydrogen-bond acceptors (Lipinski definition) is 5. The third-order valence-electron chi connectivity index (χ3n) is 6.13. The lowest BCUT2D eigenvalue weighted by Crippen LogP contribution is -2.46. The number of rotatable bonds is 3. The van der Waals surface area contributed by atoms with Crippen molar-refractivity contribution in [3.8, 4) is 11.4 Å². The predicted octanol–water partition coefficient (Wildman–Crippen LogP) is 4.62. The lowest BCUT2D eigenvalue weighted by molar-refractivity contribution is 0.0493. The molecule has 11 heteroatoms. The first-order valence-electron chi connectivity index (χ1n) is 11.5. The minimum atomic E-state index is -1.27. The quantitative estimate of drug-likeness (QED) is 0.402. The van der Waals surface area contributed by atoms with Gasteiger partial charge in [-0.3, -0.25) is 5.10 Å². The molecule has 36 heavy (non-hydrogen) atoms. The molecule has 1 amide bonds. The maximum atomic E-state index is 14.8. The topological polar surface area (TPSA) is 97.2 Å². The molecule has 0 spiro atoms. The second kappa shape index (κ2) is 8.65. The number of hydrogen-bond donors (Lipinski definition) is 2. The van der Waals surface area contributed by atoms with E-state index in [1.54, 1.807) is 27.7 Å². The minimum absolute atomic E-state index is 0.0320. The number of amides is 1. The highest BCUT2D eigenvalue weighted by Gasteiger charge is 2.36. The number of H-pyrrole nitrogens is 1. The molecule has 3 heterocycles. The number of nitrogens with zero attached hydrogens (tertiary/aromatic N) is 4. The Hall–Kier alpha value is -3.89. The number of aromatic amines is 1. The second-order valence-corrected chi connectivity index (χ2v) is 9.94. The number of carbonyl (C=O) groups is 1. The van der Waals surface area contributed by atoms with Gasteiger partial charge in [0.1, 0.15) is 22.9 Å². The van der Waals surface area contributed by atoms with Crippen LogP contribution in [0.15, 0.2) is 30.5 Å². The Morgan fingerprint density at radius 3 is 2.56 bits per heavy atom. The molecule has 1 aliphatic carbocycles. The molecular formula is C25H25F3N6O2. The van der Waals surface area contributed by atoms with Crippen LogP contribution in [0.25, 0.3) is 17.0 Å². The van der Waals surface area contributed by atoms with Gasteiger partial charge in [-0.05, 0) is 51.5 Å². The normalized spacial score (nSPS) is 17.8. The van der Waals surface area contributed by atoms with Crippen molar-refractivity contribution in [1.82, 2.24) is 29.9 Å². The van der Waals surface area contributed by atoms with Gasteiger partial charge in [-0.1, -0.05) is 0 Å². The molecule has 0 fully saturated rings. The van der Waals surface area contributed by atoms with E-state index in [0.717, 1.165) is 17.3 Å². The van der Waals surface area contributed by atoms with Crippen LogP contribution >= 0.6 is 0 Å². The average Bonchev–Trinajstić information content (AvgIpc) is 3.37. The molecule has 1 unspecified atom stereocenters. The summed E-state index contributed by atoms with van der Waals surface area (Å²) in [5.74, 6) is -2.80. The van der Waals surface area contributed by atoms with Crippen LogP contribution in [0.2, 0.25) is 0 Å². The molecule has 2 atom stereocenters. The predicted molar refractivity (Wildman–Crippen MR) is 125 cm³/mol. The van der Waals surface area contributed by atoms with Crippen LogP contribution in [0, 0.1) is 24.4 Å². The summed E-state index contributed by atoms with van der Waals surface area (Å²) >= 11 is 0. The van der Waals surface area contributed by atoms with Gasteiger partial charge >= 0.3 is 6.09 Å². The Kier molecular flexibility index (Phi) is 5.73. The van der Waals surface area contributed by atoms with Gasteiger partial charge in [0.05, 0.1) is 5.69 Å². The summed E-state index contributed by atoms with van der Waals surface area (Å²) in [6.45, 7) is 6.98. The minimum Gasteiger partial charge on any atom is -0.444 e. The zero-order valence-electron chi connectivity index (χ0n) is 20.2. The van der Waals surface area contributed by atoms with E-state index in [1.807, 2.05) is 22.7 Å². The van der Waals surface area contributed by atoms with Crippen molar-refractivity contribution in [1.29, 1.82) is 0 Å². The number of pyridine rings is 1. The lowest BCUT2D eigenvalue weighted by Gasteiger charge is -2.33. The summed E-state index contributed by atoms with van der Waals surface area (Å²) in [6.07, 6.45) is 1.65. The lowest BCUT2D eigenvalue weighted by atomic mass is 9.80. The van der Waals surface area contributed by atoms with Gasteiger partial charge in [0.2, 0.25) is 0 Å². The highest BCUT2D eigenvalue weighted by Crippen LogP contribution is 2.36. The molecule has 1 aliphatic rings. The molecule has 0 bridgehead atoms. The van der Waals surface area contributed by atoms with Crippen LogP contribution in [-0.2, 0) is 17.6 Å². The van der Waals surface area contributed by atoms with E-state index >= 15 is 0 Å². The molecule has 1 aromatic carbocycles. The molecule has 0 aliphatic heterocycles. The van der Waals surface area contributed by atoms with Crippen molar-refractivity contribution in [2.24, 2.45) is 0 Å². The first kappa shape index (κ1) is 23.8. The Labute approximate surface area is 204 Å². The summed E-state index contributed by atoms with van der Waals surface area (Å²) < 4.78 is 49.9. The van der Waals surface area contributed by atoms with Crippen molar-refractivity contribution in [3.63, 3.8) is 0 Å². The molecule has 3 aromatic heterocycles. The maximum absolute atomic E-state index is 14.8. The number of fused-ring (bicyclic) bond motifs is 3. The number of nitrogens with one attached hydrogen (secondary N) is 2. The van der Waals surface area contributed by atoms with Crippen LogP contribution in [0.4, 0.5) is 18.0 Å². The number of ether oxygens (including phenoxy) is 1. The molecule has 5 rings (SSSR count). The Morgan fingerprint density at radius 1 is 1.11 bits per heavy atom. The van der Waals surface area contributed by atoms with Gasteiger partial charge in [0.15, 0.2) is 17.5 Å². The molecule has 188 valence electrons. The fraction of sp³-hybridized carbons (Fsp3) is 0.360. The van der Waals surface area contributed by atoms with E-state index in [0.29, 0.717) is 29.1 Å². The molecule has 8 nitrogen and oxygen atoms in total. The molecule has 2 N–H and O–H groups in total. The van der Waals surface area contributed by atoms with Gasteiger partial charge in [-0.15, -0.1) is 0 Å². The van der Waals surface area contributed by atoms with Gasteiger partial charge in [0, 0.05) is 48.3 Å². The van der Waals surface area contributed by atoms with Gasteiger partial charge in [-0.25, -0.2) is 27.9 Å². The molecule has 0 saturated carbocycles. The van der Waals surface area contributed by atoms with Crippen LogP contribution in [0.1, 0.15) is 49.5 Å². The van der Waals surface area contributed by atoms with Crippen molar-refractivity contribution in [3.05, 3.63) is 70.7 Å². The summed E-state index contributed by atoms with van der Waals surface area (Å²) in [4.78, 5) is 21.7. The number of imidazole rings is 1. The highest BCUT2D eigenvalue weighted by atomic mass is 19.2. The molecular weight excluding hydrogens is 473 g/mol. The second-order valence-electron chi connectivity index (χ2n) is 9.94. The third-order valence-corrected chi connectivity index (χ3v) is 6.13. The van der Waals surface area contributed by atoms with Gasteiger partial charge < -0.3 is 14.5 Å². The zero-order chi connectivity index (χ0) is 25.8. The van der Waals surface area contributed by atoms with Gasteiger partial charge in [-0.2, -0.15) is 5.10 Å². The SMILES string of the molecule is Cc1n[nH]c(-c2ccn3c4c(nc3c2)C[C@H](c2cc(F)c(F)cc2F)C(NC(=O)OC(C)(C)C)C4)n1. The summed E-state index contributed by atoms with van der Waals surface area (Å²) in [5.41, 5.74) is 2.15. The Balaban J connectivity index is 1.55. The van der Waals surface area contributed by atoms with E-state index in [-0.39, 0.29) is 18.4 Å². The fourth-order valence-corrected chi connectivity index (χ4v) is 4.61. The zero-order valence-corrected chi connectivity index (χ0v) is 20.2. The number of benzene rings is 1. The molecule has 4 aromatic rings. The van der Waals surface area contributed by atoms with Crippen molar-refractivity contribution in [2.45, 2.75) is 58.1 Å². The van der Waals surface area contributed by atoms with E-state index in [1.165, 1.54) is 0 Å². The van der Waals surface area contributed by atoms with Gasteiger partial charge in [0.25, 0.3) is 0 Å². The Morgan fingerprint density at radius 2 is 1.86 bits per heavy atom. The van der Waals surface area contributed by atoms with Crippen molar-refractivity contribution >= 4 is 11.7 Å². The van der Waals surface area contributed by atoms with E-state index < -0.39 is 41.1 Å². The van der Waals surface area contributed by atoms with E-state index in [2.05, 4.69) is 20.5 Å². The number of aryl methyl sites for hydroxylation is 1. The standard InChI is InChI=1S/C25H25F3N6O2/c1-12-29-23(33-32-12)13-5-6-34-21-11-19(31-24(35)36-25(2,3)4)15(9-20(21)30-22(34)7-13)14-8-17(27)18(28)10-16(14)26/h5-8,10,15,19H,9,11H2,1-4H3,(H,31,35)(H,29,32,33)/t15-,19?/m1/s1. The number of halogens is 3. The highest BCUT2D eigenvalue weighted by molar-refractivity contribution is 5.68. The molecule has 0 radical (unpaired) electrons. The Bertz CT molecular complexity index is 1470. The van der Waals surface area contributed by atoms with Crippen molar-refractivity contribution < 1.29 is 22.7 Å². The largest absolute Gasteiger partial charge is 0.444 e. The number of aromatic nitrogens is 5. The van der Waals surface area contributed by atoms with Crippen LogP contribution in [0.5, 0.6) is 0 Å². The van der Waals surface area contributed by atoms with E-state index in [9.17, 15) is 18.0 Å². The van der Waals surface area contributed by atoms with Crippen molar-refractivity contribution in [2.75, 3.05) is 0 Å². The van der Waals surface area contributed by atoms with E-state index in [4.69, 9.17) is 9.72 Å². The summed E-state index contributed by atoms with van der Waals surface area (Å²) in [6, 6.07) is 4.45. The maximum Gasteiger partial charge on any atom is 0.407 e. The molecule has 0 saturated heterocycles. The smallest absolute Gasteiger partial charge is 0.407 e. The van der Waals surface area contributed by atoms with Crippen LogP contribution in [-0.4, -0.2) is 42.3 Å². The fourth-order valence-electron chi connectivity index (χ4n) is 4.61. The first-order chi connectivity index (χ1) is 17.0. The third kappa shape index (κ3) is 4.52. The summed E-state index contributed by atoms with van der Waals surface area (Å²) in [7, 11) is 0. The monoisotopic (exact) mass is 498 g/mol. The van der Waals surface area contributed by atoms with Crippen LogP contribution < -0.4 is 5.32 Å². The number of alkyl carbamates (subject to hydrolysis) is 1. The first-order valence-corrected chi connectivity index (χ1v) is 11.5. The average molecular weight is 499 g/mol. The summed E-state index contributed by atoms with van der Waals surface area (Å²) in [5, 5.41) is 9.74. The number of carbonyl (C=O) groups excluding carboxylic acids is 1.